The number of hydrogen-bond donors (Lipinski definition) is 1. The molecule has 1 N–H and O–H groups in total. The summed E-state index contributed by atoms with van der Waals surface area (Å²) in [6, 6.07) is 1.30. The summed E-state index contributed by atoms with van der Waals surface area (Å²) < 4.78 is 0. The van der Waals surface area contributed by atoms with Crippen molar-refractivity contribution in [1.82, 2.24) is 4.90 Å². The summed E-state index contributed by atoms with van der Waals surface area (Å²) >= 11 is 0. The quantitative estimate of drug-likeness (QED) is 0.495. The first-order chi connectivity index (χ1) is 11.1. The molecule has 0 radical (unpaired) electrons. The Labute approximate surface area is 145 Å². The van der Waals surface area contributed by atoms with Gasteiger partial charge < -0.3 is 10.0 Å². The van der Waals surface area contributed by atoms with Gasteiger partial charge in [0.1, 0.15) is 0 Å². The van der Waals surface area contributed by atoms with Crippen LogP contribution in [0.2, 0.25) is 0 Å². The van der Waals surface area contributed by atoms with Gasteiger partial charge in [0.2, 0.25) is 0 Å². The van der Waals surface area contributed by atoms with E-state index in [1.165, 1.54) is 83.5 Å². The second-order valence-electron chi connectivity index (χ2n) is 8.47. The highest BCUT2D eigenvalue weighted by molar-refractivity contribution is 4.98. The average Bonchev–Trinajstić information content (AvgIpc) is 2.51. The molecule has 23 heavy (non-hydrogen) atoms. The SMILES string of the molecule is CCCCCCCCCCCCC1(O)CC2CCCC(C1)N2C. The van der Waals surface area contributed by atoms with Crippen molar-refractivity contribution in [3.8, 4) is 0 Å². The van der Waals surface area contributed by atoms with E-state index in [0.29, 0.717) is 12.1 Å². The highest BCUT2D eigenvalue weighted by Crippen LogP contribution is 2.40. The van der Waals surface area contributed by atoms with Crippen molar-refractivity contribution in [1.29, 1.82) is 0 Å². The zero-order chi connectivity index (χ0) is 16.5. The summed E-state index contributed by atoms with van der Waals surface area (Å²) in [5.41, 5.74) is -0.345. The van der Waals surface area contributed by atoms with Crippen LogP contribution in [0.1, 0.15) is 110 Å². The fourth-order valence-electron chi connectivity index (χ4n) is 4.89. The van der Waals surface area contributed by atoms with Crippen LogP contribution in [0, 0.1) is 0 Å². The second-order valence-corrected chi connectivity index (χ2v) is 8.47. The standard InChI is InChI=1S/C21H41NO/c1-3-4-5-6-7-8-9-10-11-12-16-21(23)17-19-14-13-15-20(18-21)22(19)2/h19-20,23H,3-18H2,1-2H3. The Morgan fingerprint density at radius 2 is 1.30 bits per heavy atom. The van der Waals surface area contributed by atoms with E-state index in [4.69, 9.17) is 0 Å². The summed E-state index contributed by atoms with van der Waals surface area (Å²) in [6.45, 7) is 2.28. The van der Waals surface area contributed by atoms with Gasteiger partial charge in [0.05, 0.1) is 5.60 Å². The van der Waals surface area contributed by atoms with Gasteiger partial charge in [0, 0.05) is 12.1 Å². The molecular formula is C21H41NO. The predicted octanol–water partition coefficient (Wildman–Crippen LogP) is 5.68. The van der Waals surface area contributed by atoms with Crippen LogP contribution >= 0.6 is 0 Å². The van der Waals surface area contributed by atoms with E-state index >= 15 is 0 Å². The Balaban J connectivity index is 1.51. The maximum absolute atomic E-state index is 11.0. The molecule has 2 bridgehead atoms. The molecule has 136 valence electrons. The number of piperidine rings is 2. The van der Waals surface area contributed by atoms with Crippen molar-refractivity contribution in [2.24, 2.45) is 0 Å². The molecule has 2 unspecified atom stereocenters. The molecule has 2 heteroatoms. The number of fused-ring (bicyclic) bond motifs is 2. The Hall–Kier alpha value is -0.0800. The van der Waals surface area contributed by atoms with Gasteiger partial charge in [-0.25, -0.2) is 0 Å². The molecule has 0 saturated carbocycles. The smallest absolute Gasteiger partial charge is 0.0677 e. The number of hydrogen-bond acceptors (Lipinski definition) is 2. The third-order valence-corrected chi connectivity index (χ3v) is 6.45. The lowest BCUT2D eigenvalue weighted by Crippen LogP contribution is -2.56. The summed E-state index contributed by atoms with van der Waals surface area (Å²) in [4.78, 5) is 2.55. The van der Waals surface area contributed by atoms with Crippen molar-refractivity contribution in [2.75, 3.05) is 7.05 Å². The number of rotatable bonds is 11. The zero-order valence-electron chi connectivity index (χ0n) is 15.9. The van der Waals surface area contributed by atoms with Gasteiger partial charge in [-0.05, 0) is 39.2 Å². The fraction of sp³-hybridized carbons (Fsp3) is 1.00. The van der Waals surface area contributed by atoms with Crippen LogP contribution in [0.25, 0.3) is 0 Å². The summed E-state index contributed by atoms with van der Waals surface area (Å²) in [5.74, 6) is 0. The predicted molar refractivity (Wildman–Crippen MR) is 99.8 cm³/mol. The molecule has 2 heterocycles. The Kier molecular flexibility index (Phi) is 8.40. The molecule has 2 saturated heterocycles. The first-order valence-corrected chi connectivity index (χ1v) is 10.6. The Bertz CT molecular complexity index is 303. The molecule has 0 aliphatic carbocycles. The minimum Gasteiger partial charge on any atom is -0.390 e. The molecule has 0 aromatic heterocycles. The van der Waals surface area contributed by atoms with E-state index in [1.54, 1.807) is 0 Å². The van der Waals surface area contributed by atoms with Crippen molar-refractivity contribution < 1.29 is 5.11 Å². The van der Waals surface area contributed by atoms with Gasteiger partial charge >= 0.3 is 0 Å². The summed E-state index contributed by atoms with van der Waals surface area (Å²) in [6.07, 6.45) is 20.9. The lowest BCUT2D eigenvalue weighted by molar-refractivity contribution is -0.0878. The van der Waals surface area contributed by atoms with E-state index in [1.807, 2.05) is 0 Å². The van der Waals surface area contributed by atoms with E-state index < -0.39 is 0 Å². The normalized spacial score (nSPS) is 31.4. The maximum Gasteiger partial charge on any atom is 0.0677 e. The number of unbranched alkanes of at least 4 members (excludes halogenated alkanes) is 9. The first-order valence-electron chi connectivity index (χ1n) is 10.6. The minimum atomic E-state index is -0.345. The van der Waals surface area contributed by atoms with Gasteiger partial charge in [-0.3, -0.25) is 0 Å². The van der Waals surface area contributed by atoms with E-state index in [2.05, 4.69) is 18.9 Å². The molecule has 0 aromatic carbocycles. The lowest BCUT2D eigenvalue weighted by Gasteiger charge is -2.50. The molecule has 0 aromatic rings. The molecule has 2 nitrogen and oxygen atoms in total. The fourth-order valence-corrected chi connectivity index (χ4v) is 4.89. The lowest BCUT2D eigenvalue weighted by atomic mass is 9.74. The molecule has 0 spiro atoms. The van der Waals surface area contributed by atoms with E-state index in [9.17, 15) is 5.11 Å². The molecule has 2 aliphatic rings. The minimum absolute atomic E-state index is 0.345. The van der Waals surface area contributed by atoms with Crippen molar-refractivity contribution in [3.05, 3.63) is 0 Å². The molecular weight excluding hydrogens is 282 g/mol. The van der Waals surface area contributed by atoms with Gasteiger partial charge in [-0.2, -0.15) is 0 Å². The monoisotopic (exact) mass is 323 g/mol. The highest BCUT2D eigenvalue weighted by Gasteiger charge is 2.43. The van der Waals surface area contributed by atoms with Gasteiger partial charge in [-0.15, -0.1) is 0 Å². The van der Waals surface area contributed by atoms with Gasteiger partial charge in [0.15, 0.2) is 0 Å². The van der Waals surface area contributed by atoms with Gasteiger partial charge in [0.25, 0.3) is 0 Å². The molecule has 2 atom stereocenters. The molecule has 2 rings (SSSR count). The van der Waals surface area contributed by atoms with E-state index in [0.717, 1.165) is 19.3 Å². The van der Waals surface area contributed by atoms with Crippen LogP contribution in [-0.2, 0) is 0 Å². The Morgan fingerprint density at radius 1 is 0.826 bits per heavy atom. The van der Waals surface area contributed by atoms with Crippen LogP contribution in [0.3, 0.4) is 0 Å². The second kappa shape index (κ2) is 10.0. The third-order valence-electron chi connectivity index (χ3n) is 6.45. The van der Waals surface area contributed by atoms with E-state index in [-0.39, 0.29) is 5.60 Å². The number of nitrogens with zero attached hydrogens (tertiary/aromatic N) is 1. The molecule has 0 amide bonds. The largest absolute Gasteiger partial charge is 0.390 e. The van der Waals surface area contributed by atoms with Crippen LogP contribution in [-0.4, -0.2) is 34.7 Å². The van der Waals surface area contributed by atoms with Crippen molar-refractivity contribution in [2.45, 2.75) is 127 Å². The van der Waals surface area contributed by atoms with Crippen LogP contribution in [0.15, 0.2) is 0 Å². The van der Waals surface area contributed by atoms with Crippen molar-refractivity contribution in [3.63, 3.8) is 0 Å². The van der Waals surface area contributed by atoms with Crippen molar-refractivity contribution >= 4 is 0 Å². The third kappa shape index (κ3) is 6.38. The molecule has 2 aliphatic heterocycles. The summed E-state index contributed by atoms with van der Waals surface area (Å²) in [5, 5.41) is 11.0. The van der Waals surface area contributed by atoms with Crippen LogP contribution in [0.4, 0.5) is 0 Å². The first kappa shape index (κ1) is 19.2. The average molecular weight is 324 g/mol. The summed E-state index contributed by atoms with van der Waals surface area (Å²) in [7, 11) is 2.27. The Morgan fingerprint density at radius 3 is 1.83 bits per heavy atom. The van der Waals surface area contributed by atoms with Gasteiger partial charge in [-0.1, -0.05) is 77.6 Å². The van der Waals surface area contributed by atoms with Crippen LogP contribution < -0.4 is 0 Å². The topological polar surface area (TPSA) is 23.5 Å². The van der Waals surface area contributed by atoms with Crippen LogP contribution in [0.5, 0.6) is 0 Å². The highest BCUT2D eigenvalue weighted by atomic mass is 16.3. The number of aliphatic hydroxyl groups is 1. The zero-order valence-corrected chi connectivity index (χ0v) is 15.9. The molecule has 2 fully saturated rings. The maximum atomic E-state index is 11.0.